The molecule has 2 aromatic rings. The predicted molar refractivity (Wildman–Crippen MR) is 98.3 cm³/mol. The Bertz CT molecular complexity index is 858. The maximum atomic E-state index is 13.4. The molecule has 0 aliphatic carbocycles. The second kappa shape index (κ2) is 7.91. The second-order valence-electron chi connectivity index (χ2n) is 5.66. The minimum atomic E-state index is -4.55. The summed E-state index contributed by atoms with van der Waals surface area (Å²) in [6.07, 6.45) is -4.55. The van der Waals surface area contributed by atoms with E-state index in [1.54, 1.807) is 14.1 Å². The average molecular weight is 405 g/mol. The van der Waals surface area contributed by atoms with E-state index in [0.29, 0.717) is 11.4 Å². The number of nitrogens with zero attached hydrogens (tertiary/aromatic N) is 1. The molecule has 0 heterocycles. The molecule has 146 valence electrons. The van der Waals surface area contributed by atoms with E-state index in [2.05, 4.69) is 5.32 Å². The molecule has 0 atom stereocenters. The maximum Gasteiger partial charge on any atom is 0.405 e. The average Bonchev–Trinajstić information content (AvgIpc) is 2.60. The molecule has 5 nitrogen and oxygen atoms in total. The Balaban J connectivity index is 2.48. The highest BCUT2D eigenvalue weighted by Crippen LogP contribution is 2.34. The fourth-order valence-electron chi connectivity index (χ4n) is 2.39. The highest BCUT2D eigenvalue weighted by Gasteiger charge is 2.29. The molecule has 0 aliphatic rings. The summed E-state index contributed by atoms with van der Waals surface area (Å²) in [5, 5.41) is 4.52. The van der Waals surface area contributed by atoms with Gasteiger partial charge in [0.05, 0.1) is 27.6 Å². The quantitative estimate of drug-likeness (QED) is 0.517. The van der Waals surface area contributed by atoms with Gasteiger partial charge in [-0.1, -0.05) is 11.6 Å². The predicted octanol–water partition coefficient (Wildman–Crippen LogP) is 4.16. The molecule has 2 rings (SSSR count). The third-order valence-electron chi connectivity index (χ3n) is 3.78. The molecule has 0 aliphatic heterocycles. The van der Waals surface area contributed by atoms with E-state index in [1.165, 1.54) is 29.2 Å². The summed E-state index contributed by atoms with van der Waals surface area (Å²) < 4.78 is 50.7. The Morgan fingerprint density at radius 2 is 1.93 bits per heavy atom. The number of hydrogen-bond donors (Lipinski definition) is 3. The molecule has 0 aromatic heterocycles. The zero-order valence-electron chi connectivity index (χ0n) is 14.4. The van der Waals surface area contributed by atoms with Crippen LogP contribution in [0.1, 0.15) is 10.4 Å². The van der Waals surface area contributed by atoms with Crippen LogP contribution in [0.4, 0.5) is 40.3 Å². The first kappa shape index (κ1) is 20.6. The lowest BCUT2D eigenvalue weighted by Gasteiger charge is -2.24. The number of carbonyl (C=O) groups excluding carboxylic acids is 1. The van der Waals surface area contributed by atoms with Crippen LogP contribution in [0.25, 0.3) is 0 Å². The first-order valence-electron chi connectivity index (χ1n) is 7.68. The number of halogens is 5. The number of nitrogens with one attached hydrogen (secondary N) is 2. The monoisotopic (exact) mass is 404 g/mol. The number of alkyl halides is 3. The van der Waals surface area contributed by atoms with Crippen LogP contribution in [0.15, 0.2) is 30.3 Å². The fraction of sp³-hybridized carbons (Fsp3) is 0.235. The van der Waals surface area contributed by atoms with Crippen LogP contribution in [0.2, 0.25) is 5.02 Å². The van der Waals surface area contributed by atoms with Crippen LogP contribution >= 0.6 is 11.6 Å². The SMILES string of the molecule is CNc1cc(N(C)c2ccc(F)c(Cl)c2)c(C(=O)NCC(F)(F)F)cc1N. The number of nitrogens with two attached hydrogens (primary N) is 1. The van der Waals surface area contributed by atoms with E-state index < -0.39 is 24.4 Å². The lowest BCUT2D eigenvalue weighted by atomic mass is 10.1. The van der Waals surface area contributed by atoms with Crippen molar-refractivity contribution in [3.8, 4) is 0 Å². The number of carbonyl (C=O) groups is 1. The Hall–Kier alpha value is -2.68. The summed E-state index contributed by atoms with van der Waals surface area (Å²) in [5.74, 6) is -1.57. The Morgan fingerprint density at radius 3 is 2.48 bits per heavy atom. The summed E-state index contributed by atoms with van der Waals surface area (Å²) in [6, 6.07) is 6.69. The summed E-state index contributed by atoms with van der Waals surface area (Å²) >= 11 is 5.79. The Labute approximate surface area is 158 Å². The Kier molecular flexibility index (Phi) is 6.04. The van der Waals surface area contributed by atoms with Gasteiger partial charge in [0.15, 0.2) is 0 Å². The van der Waals surface area contributed by atoms with Gasteiger partial charge in [-0.25, -0.2) is 4.39 Å². The van der Waals surface area contributed by atoms with Crippen LogP contribution in [-0.4, -0.2) is 32.7 Å². The van der Waals surface area contributed by atoms with Gasteiger partial charge in [-0.15, -0.1) is 0 Å². The molecule has 0 spiro atoms. The highest BCUT2D eigenvalue weighted by molar-refractivity contribution is 6.31. The fourth-order valence-corrected chi connectivity index (χ4v) is 2.56. The van der Waals surface area contributed by atoms with Crippen molar-refractivity contribution in [2.45, 2.75) is 6.18 Å². The second-order valence-corrected chi connectivity index (χ2v) is 6.07. The number of nitrogen functional groups attached to an aromatic ring is 1. The largest absolute Gasteiger partial charge is 0.405 e. The molecule has 0 bridgehead atoms. The van der Waals surface area contributed by atoms with Crippen molar-refractivity contribution >= 4 is 40.3 Å². The molecular weight excluding hydrogens is 388 g/mol. The summed E-state index contributed by atoms with van der Waals surface area (Å²) in [6.45, 7) is -1.48. The van der Waals surface area contributed by atoms with Gasteiger partial charge in [0.2, 0.25) is 0 Å². The number of amides is 1. The molecule has 2 aromatic carbocycles. The molecule has 4 N–H and O–H groups in total. The zero-order chi connectivity index (χ0) is 20.4. The zero-order valence-corrected chi connectivity index (χ0v) is 15.2. The van der Waals surface area contributed by atoms with Gasteiger partial charge in [-0.2, -0.15) is 13.2 Å². The van der Waals surface area contributed by atoms with Crippen molar-refractivity contribution in [2.75, 3.05) is 36.6 Å². The van der Waals surface area contributed by atoms with Gasteiger partial charge in [0, 0.05) is 19.8 Å². The van der Waals surface area contributed by atoms with Gasteiger partial charge >= 0.3 is 6.18 Å². The summed E-state index contributed by atoms with van der Waals surface area (Å²) in [4.78, 5) is 13.8. The smallest absolute Gasteiger partial charge is 0.397 e. The standard InChI is InChI=1S/C17H17ClF4N4O/c1-24-14-7-15(26(2)9-3-4-12(19)11(18)5-9)10(6-13(14)23)16(27)25-8-17(20,21)22/h3-7,24H,8,23H2,1-2H3,(H,25,27). The normalized spacial score (nSPS) is 11.2. The number of hydrogen-bond acceptors (Lipinski definition) is 4. The van der Waals surface area contributed by atoms with Crippen LogP contribution in [0.3, 0.4) is 0 Å². The molecule has 10 heteroatoms. The van der Waals surface area contributed by atoms with Crippen molar-refractivity contribution in [1.82, 2.24) is 5.32 Å². The molecule has 0 unspecified atom stereocenters. The van der Waals surface area contributed by atoms with Gasteiger partial charge in [-0.05, 0) is 30.3 Å². The van der Waals surface area contributed by atoms with Crippen molar-refractivity contribution in [3.63, 3.8) is 0 Å². The number of rotatable bonds is 5. The third-order valence-corrected chi connectivity index (χ3v) is 4.07. The molecule has 0 radical (unpaired) electrons. The first-order chi connectivity index (χ1) is 12.5. The Morgan fingerprint density at radius 1 is 1.26 bits per heavy atom. The maximum absolute atomic E-state index is 13.4. The van der Waals surface area contributed by atoms with E-state index in [1.807, 2.05) is 5.32 Å². The van der Waals surface area contributed by atoms with E-state index in [0.717, 1.165) is 6.07 Å². The lowest BCUT2D eigenvalue weighted by Crippen LogP contribution is -2.34. The van der Waals surface area contributed by atoms with Gasteiger partial charge in [0.1, 0.15) is 12.4 Å². The number of benzene rings is 2. The van der Waals surface area contributed by atoms with E-state index in [4.69, 9.17) is 17.3 Å². The van der Waals surface area contributed by atoms with Crippen LogP contribution < -0.4 is 21.3 Å². The molecule has 0 saturated carbocycles. The van der Waals surface area contributed by atoms with Gasteiger partial charge < -0.3 is 21.3 Å². The third kappa shape index (κ3) is 4.94. The molecular formula is C17H17ClF4N4O. The molecule has 0 fully saturated rings. The van der Waals surface area contributed by atoms with Crippen molar-refractivity contribution in [2.24, 2.45) is 0 Å². The topological polar surface area (TPSA) is 70.4 Å². The minimum Gasteiger partial charge on any atom is -0.397 e. The highest BCUT2D eigenvalue weighted by atomic mass is 35.5. The van der Waals surface area contributed by atoms with Crippen LogP contribution in [-0.2, 0) is 0 Å². The van der Waals surface area contributed by atoms with Crippen molar-refractivity contribution < 1.29 is 22.4 Å². The first-order valence-corrected chi connectivity index (χ1v) is 8.06. The van der Waals surface area contributed by atoms with Crippen LogP contribution in [0.5, 0.6) is 0 Å². The number of anilines is 4. The summed E-state index contributed by atoms with van der Waals surface area (Å²) in [5.41, 5.74) is 7.12. The molecule has 1 amide bonds. The van der Waals surface area contributed by atoms with Crippen LogP contribution in [0, 0.1) is 5.82 Å². The van der Waals surface area contributed by atoms with Gasteiger partial charge in [-0.3, -0.25) is 4.79 Å². The van der Waals surface area contributed by atoms with E-state index in [-0.39, 0.29) is 22.0 Å². The van der Waals surface area contributed by atoms with Gasteiger partial charge in [0.25, 0.3) is 5.91 Å². The van der Waals surface area contributed by atoms with Crippen molar-refractivity contribution in [1.29, 1.82) is 0 Å². The van der Waals surface area contributed by atoms with Crippen molar-refractivity contribution in [3.05, 3.63) is 46.7 Å². The molecule has 0 saturated heterocycles. The van der Waals surface area contributed by atoms with E-state index in [9.17, 15) is 22.4 Å². The molecule has 27 heavy (non-hydrogen) atoms. The minimum absolute atomic E-state index is 0.0707. The lowest BCUT2D eigenvalue weighted by molar-refractivity contribution is -0.123. The summed E-state index contributed by atoms with van der Waals surface area (Å²) in [7, 11) is 3.17. The van der Waals surface area contributed by atoms with E-state index >= 15 is 0 Å².